The van der Waals surface area contributed by atoms with E-state index in [9.17, 15) is 23.6 Å². The molecule has 3 heterocycles. The molecular formula is C29H22FN3O5S2. The minimum atomic E-state index is -0.840. The number of hydrogen-bond donors (Lipinski definition) is 2. The van der Waals surface area contributed by atoms with Crippen LogP contribution in [0.15, 0.2) is 82.6 Å². The van der Waals surface area contributed by atoms with Crippen molar-refractivity contribution in [3.05, 3.63) is 104 Å². The van der Waals surface area contributed by atoms with Crippen LogP contribution in [0.5, 0.6) is 5.75 Å². The lowest BCUT2D eigenvalue weighted by atomic mass is 9.82. The molecule has 1 aromatic heterocycles. The number of ether oxygens (including phenoxy) is 1. The monoisotopic (exact) mass is 575 g/mol. The molecule has 0 aliphatic carbocycles. The van der Waals surface area contributed by atoms with Crippen LogP contribution in [0.1, 0.15) is 21.9 Å². The molecule has 0 radical (unpaired) electrons. The number of anilines is 2. The Hall–Kier alpha value is -4.22. The van der Waals surface area contributed by atoms with E-state index >= 15 is 0 Å². The first-order valence-electron chi connectivity index (χ1n) is 12.4. The van der Waals surface area contributed by atoms with Crippen molar-refractivity contribution >= 4 is 52.2 Å². The second kappa shape index (κ2) is 10.4. The Kier molecular flexibility index (Phi) is 6.77. The zero-order valence-corrected chi connectivity index (χ0v) is 22.7. The number of aromatic amines is 1. The molecule has 3 atom stereocenters. The van der Waals surface area contributed by atoms with Crippen LogP contribution in [0.4, 0.5) is 15.8 Å². The molecule has 1 fully saturated rings. The summed E-state index contributed by atoms with van der Waals surface area (Å²) in [6.07, 6.45) is 0. The summed E-state index contributed by atoms with van der Waals surface area (Å²) in [5.41, 5.74) is 2.56. The predicted molar refractivity (Wildman–Crippen MR) is 151 cm³/mol. The first-order chi connectivity index (χ1) is 19.3. The maximum atomic E-state index is 13.8. The maximum Gasteiger partial charge on any atom is 0.305 e. The number of carbonyl (C=O) groups excluding carboxylic acids is 3. The van der Waals surface area contributed by atoms with Crippen molar-refractivity contribution < 1.29 is 23.5 Å². The highest BCUT2D eigenvalue weighted by molar-refractivity contribution is 8.00. The second-order valence-corrected chi connectivity index (χ2v) is 11.6. The van der Waals surface area contributed by atoms with Gasteiger partial charge in [0.25, 0.3) is 5.91 Å². The summed E-state index contributed by atoms with van der Waals surface area (Å²) in [7, 11) is 0. The highest BCUT2D eigenvalue weighted by atomic mass is 32.2. The van der Waals surface area contributed by atoms with Crippen molar-refractivity contribution in [2.45, 2.75) is 23.1 Å². The van der Waals surface area contributed by atoms with E-state index in [0.29, 0.717) is 26.9 Å². The fraction of sp³-hybridized carbons (Fsp3) is 0.172. The van der Waals surface area contributed by atoms with Crippen molar-refractivity contribution in [2.75, 3.05) is 16.8 Å². The average molecular weight is 576 g/mol. The standard InChI is InChI=1S/C29H22FN3O5S2/c1-15-6-10-17(11-7-15)31-21(34)14-38-20-5-3-2-4-19(20)22-23-25(39-26-24(22)40-29(37)32-26)28(36)33(27(23)35)18-12-8-16(30)9-13-18/h2-13,22-23,25H,14H2,1H3,(H,31,34)(H,32,37)/t22-,23?,25?/m1/s1. The molecule has 3 aromatic carbocycles. The van der Waals surface area contributed by atoms with Gasteiger partial charge in [-0.2, -0.15) is 0 Å². The quantitative estimate of drug-likeness (QED) is 0.323. The smallest absolute Gasteiger partial charge is 0.305 e. The number of H-pyrrole nitrogens is 1. The van der Waals surface area contributed by atoms with Crippen molar-refractivity contribution in [2.24, 2.45) is 5.92 Å². The van der Waals surface area contributed by atoms with Crippen molar-refractivity contribution in [1.29, 1.82) is 0 Å². The van der Waals surface area contributed by atoms with Gasteiger partial charge in [-0.15, -0.1) is 0 Å². The van der Waals surface area contributed by atoms with Crippen molar-refractivity contribution in [1.82, 2.24) is 4.98 Å². The number of nitrogens with zero attached hydrogens (tertiary/aromatic N) is 1. The molecule has 4 aromatic rings. The van der Waals surface area contributed by atoms with Gasteiger partial charge >= 0.3 is 4.87 Å². The second-order valence-electron chi connectivity index (χ2n) is 9.48. The molecule has 2 N–H and O–H groups in total. The van der Waals surface area contributed by atoms with Gasteiger partial charge in [-0.3, -0.25) is 19.2 Å². The third kappa shape index (κ3) is 4.71. The zero-order chi connectivity index (χ0) is 28.0. The van der Waals surface area contributed by atoms with E-state index < -0.39 is 34.7 Å². The van der Waals surface area contributed by atoms with Crippen LogP contribution in [-0.4, -0.2) is 34.6 Å². The van der Waals surface area contributed by atoms with E-state index in [1.807, 2.05) is 19.1 Å². The number of imide groups is 1. The molecule has 0 saturated carbocycles. The third-order valence-electron chi connectivity index (χ3n) is 6.86. The normalized spacial score (nSPS) is 19.8. The number of thiazole rings is 1. The van der Waals surface area contributed by atoms with E-state index in [2.05, 4.69) is 10.3 Å². The Morgan fingerprint density at radius 3 is 2.48 bits per heavy atom. The average Bonchev–Trinajstić information content (AvgIpc) is 3.44. The van der Waals surface area contributed by atoms with Crippen LogP contribution < -0.4 is 19.8 Å². The third-order valence-corrected chi connectivity index (χ3v) is 9.26. The van der Waals surface area contributed by atoms with Gasteiger partial charge in [-0.05, 0) is 49.4 Å². The van der Waals surface area contributed by atoms with Gasteiger partial charge in [0.1, 0.15) is 16.8 Å². The number of thioether (sulfide) groups is 1. The lowest BCUT2D eigenvalue weighted by Crippen LogP contribution is -2.32. The predicted octanol–water partition coefficient (Wildman–Crippen LogP) is 4.70. The van der Waals surface area contributed by atoms with E-state index in [-0.39, 0.29) is 23.1 Å². The Morgan fingerprint density at radius 2 is 1.73 bits per heavy atom. The van der Waals surface area contributed by atoms with Crippen LogP contribution in [0, 0.1) is 18.7 Å². The van der Waals surface area contributed by atoms with Crippen molar-refractivity contribution in [3.8, 4) is 5.75 Å². The Labute approximate surface area is 236 Å². The van der Waals surface area contributed by atoms with E-state index in [4.69, 9.17) is 4.74 Å². The Bertz CT molecular complexity index is 1680. The van der Waals surface area contributed by atoms with Gasteiger partial charge in [-0.1, -0.05) is 59.0 Å². The SMILES string of the molecule is Cc1ccc(NC(=O)COc2ccccc2[C@H]2c3sc(=O)[nH]c3SC3C(=O)N(c4ccc(F)cc4)C(=O)C32)cc1. The molecule has 8 nitrogen and oxygen atoms in total. The number of rotatable bonds is 6. The van der Waals surface area contributed by atoms with Gasteiger partial charge in [0.2, 0.25) is 11.8 Å². The zero-order valence-electron chi connectivity index (χ0n) is 21.1. The topological polar surface area (TPSA) is 109 Å². The van der Waals surface area contributed by atoms with Gasteiger partial charge in [0.15, 0.2) is 6.61 Å². The Balaban J connectivity index is 1.33. The highest BCUT2D eigenvalue weighted by Crippen LogP contribution is 2.54. The lowest BCUT2D eigenvalue weighted by Gasteiger charge is -2.30. The minimum Gasteiger partial charge on any atom is -0.483 e. The van der Waals surface area contributed by atoms with Crippen LogP contribution in [-0.2, 0) is 14.4 Å². The molecule has 6 rings (SSSR count). The molecule has 0 spiro atoms. The van der Waals surface area contributed by atoms with Crippen LogP contribution >= 0.6 is 23.1 Å². The minimum absolute atomic E-state index is 0.277. The molecule has 11 heteroatoms. The first-order valence-corrected chi connectivity index (χ1v) is 14.1. The lowest BCUT2D eigenvalue weighted by molar-refractivity contribution is -0.122. The van der Waals surface area contributed by atoms with Gasteiger partial charge in [0.05, 0.1) is 16.6 Å². The number of halogens is 1. The molecule has 2 unspecified atom stereocenters. The Morgan fingerprint density at radius 1 is 1.00 bits per heavy atom. The number of nitrogens with one attached hydrogen (secondary N) is 2. The molecule has 2 aliphatic rings. The number of carbonyl (C=O) groups is 3. The molecule has 202 valence electrons. The fourth-order valence-electron chi connectivity index (χ4n) is 5.04. The van der Waals surface area contributed by atoms with Gasteiger partial charge in [-0.25, -0.2) is 9.29 Å². The van der Waals surface area contributed by atoms with Crippen LogP contribution in [0.25, 0.3) is 0 Å². The number of aryl methyl sites for hydroxylation is 1. The number of benzene rings is 3. The molecule has 0 bridgehead atoms. The number of aromatic nitrogens is 1. The molecule has 40 heavy (non-hydrogen) atoms. The summed E-state index contributed by atoms with van der Waals surface area (Å²) in [6.45, 7) is 1.67. The summed E-state index contributed by atoms with van der Waals surface area (Å²) >= 11 is 2.13. The summed E-state index contributed by atoms with van der Waals surface area (Å²) in [4.78, 5) is 56.6. The largest absolute Gasteiger partial charge is 0.483 e. The number of amides is 3. The maximum absolute atomic E-state index is 13.8. The van der Waals surface area contributed by atoms with E-state index in [1.54, 1.807) is 36.4 Å². The van der Waals surface area contributed by atoms with Crippen LogP contribution in [0.2, 0.25) is 0 Å². The number of hydrogen-bond acceptors (Lipinski definition) is 7. The summed E-state index contributed by atoms with van der Waals surface area (Å²) in [6, 6.07) is 19.5. The highest BCUT2D eigenvalue weighted by Gasteiger charge is 2.56. The molecular weight excluding hydrogens is 553 g/mol. The molecule has 2 aliphatic heterocycles. The molecule has 3 amide bonds. The number of fused-ring (bicyclic) bond motifs is 2. The van der Waals surface area contributed by atoms with Gasteiger partial charge in [0, 0.05) is 22.0 Å². The van der Waals surface area contributed by atoms with E-state index in [0.717, 1.165) is 33.6 Å². The summed E-state index contributed by atoms with van der Waals surface area (Å²) < 4.78 is 19.5. The fourth-order valence-corrected chi connectivity index (χ4v) is 7.55. The first kappa shape index (κ1) is 26.0. The van der Waals surface area contributed by atoms with E-state index in [1.165, 1.54) is 24.3 Å². The molecule has 1 saturated heterocycles. The summed E-state index contributed by atoms with van der Waals surface area (Å²) in [5, 5.41) is 2.51. The number of para-hydroxylation sites is 1. The summed E-state index contributed by atoms with van der Waals surface area (Å²) in [5.74, 6) is -2.88. The van der Waals surface area contributed by atoms with Crippen molar-refractivity contribution in [3.63, 3.8) is 0 Å². The van der Waals surface area contributed by atoms with Crippen LogP contribution in [0.3, 0.4) is 0 Å². The van der Waals surface area contributed by atoms with Gasteiger partial charge < -0.3 is 15.0 Å².